The Kier molecular flexibility index (Phi) is 3.39. The summed E-state index contributed by atoms with van der Waals surface area (Å²) in [5, 5.41) is 0. The van der Waals surface area contributed by atoms with Gasteiger partial charge in [0, 0.05) is 4.90 Å². The number of rotatable bonds is 2. The van der Waals surface area contributed by atoms with Crippen molar-refractivity contribution in [1.29, 1.82) is 0 Å². The molecule has 2 rings (SSSR count). The van der Waals surface area contributed by atoms with Crippen LogP contribution in [0.1, 0.15) is 18.9 Å². The Labute approximate surface area is 100 Å². The molecule has 3 nitrogen and oxygen atoms in total. The molecule has 1 aromatic rings. The van der Waals surface area contributed by atoms with E-state index in [9.17, 15) is 4.79 Å². The van der Waals surface area contributed by atoms with Crippen molar-refractivity contribution in [3.63, 3.8) is 0 Å². The molecule has 1 unspecified atom stereocenters. The summed E-state index contributed by atoms with van der Waals surface area (Å²) in [5.74, 6) is 0.467. The Morgan fingerprint density at radius 1 is 1.62 bits per heavy atom. The lowest BCUT2D eigenvalue weighted by molar-refractivity contribution is -0.152. The second kappa shape index (κ2) is 4.78. The molecule has 0 amide bonds. The molecule has 1 aliphatic rings. The first-order valence-electron chi connectivity index (χ1n) is 5.36. The van der Waals surface area contributed by atoms with Crippen molar-refractivity contribution >= 4 is 18.6 Å². The van der Waals surface area contributed by atoms with Crippen molar-refractivity contribution in [3.05, 3.63) is 23.8 Å². The molecule has 0 aromatic heterocycles. The predicted molar refractivity (Wildman–Crippen MR) is 63.1 cm³/mol. The van der Waals surface area contributed by atoms with Gasteiger partial charge in [-0.05, 0) is 37.5 Å². The minimum Gasteiger partial charge on any atom is -0.478 e. The van der Waals surface area contributed by atoms with Crippen LogP contribution in [-0.2, 0) is 16.0 Å². The van der Waals surface area contributed by atoms with Gasteiger partial charge in [-0.1, -0.05) is 6.07 Å². The number of esters is 1. The van der Waals surface area contributed by atoms with Gasteiger partial charge in [0.05, 0.1) is 6.61 Å². The van der Waals surface area contributed by atoms with E-state index in [1.165, 1.54) is 0 Å². The Balaban J connectivity index is 2.13. The summed E-state index contributed by atoms with van der Waals surface area (Å²) < 4.78 is 10.5. The third-order valence-electron chi connectivity index (χ3n) is 2.55. The summed E-state index contributed by atoms with van der Waals surface area (Å²) in [4.78, 5) is 12.4. The molecule has 0 radical (unpaired) electrons. The van der Waals surface area contributed by atoms with E-state index in [1.807, 2.05) is 18.2 Å². The molecule has 4 heteroatoms. The van der Waals surface area contributed by atoms with Crippen molar-refractivity contribution in [1.82, 2.24) is 0 Å². The SMILES string of the molecule is CCOC(=O)C1CCc2ccc(S)cc2O1. The van der Waals surface area contributed by atoms with Crippen molar-refractivity contribution < 1.29 is 14.3 Å². The van der Waals surface area contributed by atoms with Gasteiger partial charge in [0.2, 0.25) is 0 Å². The molecule has 1 aromatic carbocycles. The van der Waals surface area contributed by atoms with Crippen LogP contribution in [0.3, 0.4) is 0 Å². The van der Waals surface area contributed by atoms with Crippen LogP contribution in [0, 0.1) is 0 Å². The first kappa shape index (κ1) is 11.3. The number of hydrogen-bond acceptors (Lipinski definition) is 4. The van der Waals surface area contributed by atoms with E-state index in [1.54, 1.807) is 6.92 Å². The fourth-order valence-electron chi connectivity index (χ4n) is 1.76. The molecule has 0 fully saturated rings. The lowest BCUT2D eigenvalue weighted by Crippen LogP contribution is -2.32. The summed E-state index contributed by atoms with van der Waals surface area (Å²) >= 11 is 4.24. The van der Waals surface area contributed by atoms with Crippen molar-refractivity contribution in [2.24, 2.45) is 0 Å². The van der Waals surface area contributed by atoms with Crippen LogP contribution in [0.25, 0.3) is 0 Å². The van der Waals surface area contributed by atoms with Crippen molar-refractivity contribution in [2.75, 3.05) is 6.61 Å². The number of benzene rings is 1. The van der Waals surface area contributed by atoms with Gasteiger partial charge in [-0.15, -0.1) is 12.6 Å². The van der Waals surface area contributed by atoms with Gasteiger partial charge in [-0.2, -0.15) is 0 Å². The largest absolute Gasteiger partial charge is 0.478 e. The molecule has 1 aliphatic heterocycles. The van der Waals surface area contributed by atoms with Crippen LogP contribution in [-0.4, -0.2) is 18.7 Å². The zero-order valence-corrected chi connectivity index (χ0v) is 10.00. The van der Waals surface area contributed by atoms with Gasteiger partial charge in [0.1, 0.15) is 5.75 Å². The number of aryl methyl sites for hydroxylation is 1. The average Bonchev–Trinajstić information content (AvgIpc) is 2.28. The number of ether oxygens (including phenoxy) is 2. The highest BCUT2D eigenvalue weighted by atomic mass is 32.1. The van der Waals surface area contributed by atoms with E-state index in [2.05, 4.69) is 12.6 Å². The van der Waals surface area contributed by atoms with Crippen LogP contribution in [0.15, 0.2) is 23.1 Å². The minimum absolute atomic E-state index is 0.280. The van der Waals surface area contributed by atoms with E-state index < -0.39 is 6.10 Å². The monoisotopic (exact) mass is 238 g/mol. The maximum Gasteiger partial charge on any atom is 0.347 e. The molecule has 1 heterocycles. The quantitative estimate of drug-likeness (QED) is 0.634. The van der Waals surface area contributed by atoms with Gasteiger partial charge in [-0.3, -0.25) is 0 Å². The number of carbonyl (C=O) groups excluding carboxylic acids is 1. The second-order valence-corrected chi connectivity index (χ2v) is 4.21. The van der Waals surface area contributed by atoms with E-state index in [4.69, 9.17) is 9.47 Å². The molecule has 16 heavy (non-hydrogen) atoms. The molecule has 0 N–H and O–H groups in total. The topological polar surface area (TPSA) is 35.5 Å². The fraction of sp³-hybridized carbons (Fsp3) is 0.417. The van der Waals surface area contributed by atoms with Crippen LogP contribution >= 0.6 is 12.6 Å². The van der Waals surface area contributed by atoms with Gasteiger partial charge >= 0.3 is 5.97 Å². The number of fused-ring (bicyclic) bond motifs is 1. The zero-order chi connectivity index (χ0) is 11.5. The van der Waals surface area contributed by atoms with Crippen molar-refractivity contribution in [2.45, 2.75) is 30.8 Å². The number of thiol groups is 1. The molecule has 0 bridgehead atoms. The van der Waals surface area contributed by atoms with Gasteiger partial charge in [0.25, 0.3) is 0 Å². The van der Waals surface area contributed by atoms with Crippen molar-refractivity contribution in [3.8, 4) is 5.75 Å². The van der Waals surface area contributed by atoms with Gasteiger partial charge in [0.15, 0.2) is 6.10 Å². The highest BCUT2D eigenvalue weighted by molar-refractivity contribution is 7.80. The van der Waals surface area contributed by atoms with Crippen LogP contribution in [0.5, 0.6) is 5.75 Å². The van der Waals surface area contributed by atoms with E-state index in [-0.39, 0.29) is 5.97 Å². The predicted octanol–water partition coefficient (Wildman–Crippen LogP) is 2.23. The molecule has 0 aliphatic carbocycles. The number of carbonyl (C=O) groups is 1. The summed E-state index contributed by atoms with van der Waals surface area (Å²) in [6, 6.07) is 5.75. The van der Waals surface area contributed by atoms with Gasteiger partial charge in [-0.25, -0.2) is 4.79 Å². The summed E-state index contributed by atoms with van der Waals surface area (Å²) in [5.41, 5.74) is 1.12. The Morgan fingerprint density at radius 2 is 2.44 bits per heavy atom. The van der Waals surface area contributed by atoms with Crippen LogP contribution < -0.4 is 4.74 Å². The minimum atomic E-state index is -0.470. The van der Waals surface area contributed by atoms with Crippen LogP contribution in [0.2, 0.25) is 0 Å². The Morgan fingerprint density at radius 3 is 3.19 bits per heavy atom. The molecule has 1 atom stereocenters. The Bertz CT molecular complexity index is 403. The highest BCUT2D eigenvalue weighted by Crippen LogP contribution is 2.30. The molecule has 0 spiro atoms. The maximum absolute atomic E-state index is 11.5. The standard InChI is InChI=1S/C12H14O3S/c1-2-14-12(13)10-6-4-8-3-5-9(16)7-11(8)15-10/h3,5,7,10,16H,2,4,6H2,1H3. The molecule has 0 saturated heterocycles. The number of hydrogen-bond donors (Lipinski definition) is 1. The third kappa shape index (κ3) is 2.32. The second-order valence-electron chi connectivity index (χ2n) is 3.69. The van der Waals surface area contributed by atoms with E-state index in [0.717, 1.165) is 22.6 Å². The maximum atomic E-state index is 11.5. The Hall–Kier alpha value is -1.16. The molecule has 86 valence electrons. The lowest BCUT2D eigenvalue weighted by atomic mass is 10.0. The average molecular weight is 238 g/mol. The zero-order valence-electron chi connectivity index (χ0n) is 9.10. The van der Waals surface area contributed by atoms with E-state index in [0.29, 0.717) is 13.0 Å². The normalized spacial score (nSPS) is 18.5. The summed E-state index contributed by atoms with van der Waals surface area (Å²) in [7, 11) is 0. The van der Waals surface area contributed by atoms with Gasteiger partial charge < -0.3 is 9.47 Å². The summed E-state index contributed by atoms with van der Waals surface area (Å²) in [6.45, 7) is 2.18. The summed E-state index contributed by atoms with van der Waals surface area (Å²) in [6.07, 6.45) is 1.05. The smallest absolute Gasteiger partial charge is 0.347 e. The first-order valence-corrected chi connectivity index (χ1v) is 5.80. The third-order valence-corrected chi connectivity index (χ3v) is 2.82. The molecular formula is C12H14O3S. The molecule has 0 saturated carbocycles. The fourth-order valence-corrected chi connectivity index (χ4v) is 1.95. The molecular weight excluding hydrogens is 224 g/mol. The lowest BCUT2D eigenvalue weighted by Gasteiger charge is -2.24. The van der Waals surface area contributed by atoms with Crippen LogP contribution in [0.4, 0.5) is 0 Å². The highest BCUT2D eigenvalue weighted by Gasteiger charge is 2.27. The first-order chi connectivity index (χ1) is 7.70. The van der Waals surface area contributed by atoms with E-state index >= 15 is 0 Å².